The van der Waals surface area contributed by atoms with Crippen LogP contribution in [-0.2, 0) is 22.8 Å². The van der Waals surface area contributed by atoms with Gasteiger partial charge in [0.2, 0.25) is 0 Å². The molecule has 0 saturated heterocycles. The number of nitrogens with one attached hydrogen (secondary N) is 1. The van der Waals surface area contributed by atoms with E-state index in [2.05, 4.69) is 10.5 Å². The van der Waals surface area contributed by atoms with Crippen LogP contribution in [0.15, 0.2) is 27.6 Å². The van der Waals surface area contributed by atoms with Gasteiger partial charge in [-0.3, -0.25) is 0 Å². The Kier molecular flexibility index (Phi) is 4.32. The van der Waals surface area contributed by atoms with E-state index in [1.165, 1.54) is 12.1 Å². The summed E-state index contributed by atoms with van der Waals surface area (Å²) in [7, 11) is -3.66. The van der Waals surface area contributed by atoms with Crippen LogP contribution in [0.5, 0.6) is 0 Å². The molecular formula is C14H17FN2O3S. The number of hydrogen-bond acceptors (Lipinski definition) is 5. The topological polar surface area (TPSA) is 72.2 Å². The Morgan fingerprint density at radius 2 is 2.10 bits per heavy atom. The highest BCUT2D eigenvalue weighted by molar-refractivity contribution is 7.90. The Hall–Kier alpha value is -1.89. The van der Waals surface area contributed by atoms with Crippen LogP contribution in [0.25, 0.3) is 0 Å². The fourth-order valence-electron chi connectivity index (χ4n) is 2.15. The summed E-state index contributed by atoms with van der Waals surface area (Å²) in [4.78, 5) is -0.322. The Morgan fingerprint density at radius 1 is 1.38 bits per heavy atom. The highest BCUT2D eigenvalue weighted by Crippen LogP contribution is 2.25. The molecular weight excluding hydrogens is 295 g/mol. The van der Waals surface area contributed by atoms with Gasteiger partial charge in [-0.1, -0.05) is 18.1 Å². The molecule has 0 aliphatic carbocycles. The molecule has 1 aromatic carbocycles. The molecule has 1 aromatic heterocycles. The number of aryl methyl sites for hydroxylation is 2. The van der Waals surface area contributed by atoms with Crippen molar-refractivity contribution in [3.8, 4) is 0 Å². The zero-order valence-corrected chi connectivity index (χ0v) is 12.9. The molecule has 0 spiro atoms. The largest absolute Gasteiger partial charge is 0.380 e. The highest BCUT2D eigenvalue weighted by atomic mass is 32.2. The normalized spacial score (nSPS) is 11.6. The van der Waals surface area contributed by atoms with Crippen LogP contribution in [0, 0.1) is 12.7 Å². The van der Waals surface area contributed by atoms with E-state index in [9.17, 15) is 12.8 Å². The van der Waals surface area contributed by atoms with Gasteiger partial charge in [0.05, 0.1) is 11.4 Å². The zero-order chi connectivity index (χ0) is 15.6. The first kappa shape index (κ1) is 15.5. The SMILES string of the molecule is CCc1noc(C)c1CNc1cccc(F)c1S(C)(=O)=O. The fourth-order valence-corrected chi connectivity index (χ4v) is 3.11. The average molecular weight is 312 g/mol. The quantitative estimate of drug-likeness (QED) is 0.919. The van der Waals surface area contributed by atoms with E-state index >= 15 is 0 Å². The number of aromatic nitrogens is 1. The second kappa shape index (κ2) is 5.85. The molecule has 2 rings (SSSR count). The third-order valence-electron chi connectivity index (χ3n) is 3.19. The van der Waals surface area contributed by atoms with Gasteiger partial charge in [-0.15, -0.1) is 0 Å². The van der Waals surface area contributed by atoms with Crippen LogP contribution < -0.4 is 5.32 Å². The minimum absolute atomic E-state index is 0.236. The van der Waals surface area contributed by atoms with E-state index in [0.29, 0.717) is 18.7 Å². The van der Waals surface area contributed by atoms with Crippen LogP contribution in [0.4, 0.5) is 10.1 Å². The smallest absolute Gasteiger partial charge is 0.180 e. The number of halogens is 1. The van der Waals surface area contributed by atoms with Gasteiger partial charge >= 0.3 is 0 Å². The van der Waals surface area contributed by atoms with Crippen molar-refractivity contribution in [2.45, 2.75) is 31.7 Å². The van der Waals surface area contributed by atoms with Crippen LogP contribution >= 0.6 is 0 Å². The van der Waals surface area contributed by atoms with Crippen molar-refractivity contribution in [2.75, 3.05) is 11.6 Å². The second-order valence-corrected chi connectivity index (χ2v) is 6.71. The van der Waals surface area contributed by atoms with Gasteiger partial charge in [-0.25, -0.2) is 12.8 Å². The second-order valence-electron chi connectivity index (χ2n) is 4.76. The molecule has 114 valence electrons. The summed E-state index contributed by atoms with van der Waals surface area (Å²) in [5.41, 5.74) is 1.90. The molecule has 2 aromatic rings. The van der Waals surface area contributed by atoms with Gasteiger partial charge < -0.3 is 9.84 Å². The van der Waals surface area contributed by atoms with Crippen LogP contribution in [0.1, 0.15) is 23.9 Å². The van der Waals surface area contributed by atoms with Gasteiger partial charge in [0.25, 0.3) is 0 Å². The van der Waals surface area contributed by atoms with E-state index in [1.54, 1.807) is 6.92 Å². The van der Waals surface area contributed by atoms with Crippen molar-refractivity contribution >= 4 is 15.5 Å². The molecule has 5 nitrogen and oxygen atoms in total. The summed E-state index contributed by atoms with van der Waals surface area (Å²) >= 11 is 0. The van der Waals surface area contributed by atoms with Crippen molar-refractivity contribution in [3.05, 3.63) is 41.0 Å². The Balaban J connectivity index is 2.33. The molecule has 1 heterocycles. The van der Waals surface area contributed by atoms with E-state index in [4.69, 9.17) is 4.52 Å². The maximum absolute atomic E-state index is 13.8. The summed E-state index contributed by atoms with van der Waals surface area (Å²) in [6, 6.07) is 4.13. The first-order valence-electron chi connectivity index (χ1n) is 6.51. The Morgan fingerprint density at radius 3 is 2.71 bits per heavy atom. The van der Waals surface area contributed by atoms with Crippen molar-refractivity contribution in [2.24, 2.45) is 0 Å². The Bertz CT molecular complexity index is 754. The molecule has 1 N–H and O–H groups in total. The number of anilines is 1. The zero-order valence-electron chi connectivity index (χ0n) is 12.1. The number of rotatable bonds is 5. The molecule has 0 amide bonds. The molecule has 0 unspecified atom stereocenters. The van der Waals surface area contributed by atoms with Gasteiger partial charge in [0, 0.05) is 18.4 Å². The van der Waals surface area contributed by atoms with Gasteiger partial charge in [0.15, 0.2) is 9.84 Å². The summed E-state index contributed by atoms with van der Waals surface area (Å²) in [5.74, 6) is -0.100. The number of nitrogens with zero attached hydrogens (tertiary/aromatic N) is 1. The standard InChI is InChI=1S/C14H17FN2O3S/c1-4-12-10(9(2)20-17-12)8-16-13-7-5-6-11(15)14(13)21(3,18)19/h5-7,16H,4,8H2,1-3H3. The minimum Gasteiger partial charge on any atom is -0.380 e. The number of benzene rings is 1. The first-order chi connectivity index (χ1) is 9.84. The molecule has 0 bridgehead atoms. The molecule has 21 heavy (non-hydrogen) atoms. The predicted octanol–water partition coefficient (Wildman–Crippen LogP) is 2.70. The third kappa shape index (κ3) is 3.24. The summed E-state index contributed by atoms with van der Waals surface area (Å²) < 4.78 is 42.3. The molecule has 0 aliphatic rings. The summed E-state index contributed by atoms with van der Waals surface area (Å²) in [6.45, 7) is 4.06. The third-order valence-corrected chi connectivity index (χ3v) is 4.35. The van der Waals surface area contributed by atoms with Crippen LogP contribution in [-0.4, -0.2) is 19.8 Å². The van der Waals surface area contributed by atoms with E-state index in [0.717, 1.165) is 23.6 Å². The lowest BCUT2D eigenvalue weighted by atomic mass is 10.1. The van der Waals surface area contributed by atoms with Crippen molar-refractivity contribution < 1.29 is 17.3 Å². The fraction of sp³-hybridized carbons (Fsp3) is 0.357. The molecule has 0 radical (unpaired) electrons. The van der Waals surface area contributed by atoms with E-state index < -0.39 is 15.7 Å². The number of hydrogen-bond donors (Lipinski definition) is 1. The van der Waals surface area contributed by atoms with Gasteiger partial charge in [-0.2, -0.15) is 0 Å². The molecule has 0 fully saturated rings. The summed E-state index contributed by atoms with van der Waals surface area (Å²) in [5, 5.41) is 6.89. The molecule has 7 heteroatoms. The molecule has 0 saturated carbocycles. The lowest BCUT2D eigenvalue weighted by Gasteiger charge is -2.11. The van der Waals surface area contributed by atoms with Crippen molar-refractivity contribution in [1.82, 2.24) is 5.16 Å². The molecule has 0 atom stereocenters. The lowest BCUT2D eigenvalue weighted by molar-refractivity contribution is 0.390. The predicted molar refractivity (Wildman–Crippen MR) is 77.5 cm³/mol. The van der Waals surface area contributed by atoms with Gasteiger partial charge in [-0.05, 0) is 25.5 Å². The van der Waals surface area contributed by atoms with E-state index in [-0.39, 0.29) is 10.6 Å². The first-order valence-corrected chi connectivity index (χ1v) is 8.40. The minimum atomic E-state index is -3.66. The van der Waals surface area contributed by atoms with E-state index in [1.807, 2.05) is 6.92 Å². The van der Waals surface area contributed by atoms with Gasteiger partial charge in [0.1, 0.15) is 16.5 Å². The van der Waals surface area contributed by atoms with Crippen LogP contribution in [0.3, 0.4) is 0 Å². The number of sulfone groups is 1. The lowest BCUT2D eigenvalue weighted by Crippen LogP contribution is -2.09. The van der Waals surface area contributed by atoms with Crippen molar-refractivity contribution in [3.63, 3.8) is 0 Å². The maximum Gasteiger partial charge on any atom is 0.180 e. The van der Waals surface area contributed by atoms with Crippen LogP contribution in [0.2, 0.25) is 0 Å². The highest BCUT2D eigenvalue weighted by Gasteiger charge is 2.19. The average Bonchev–Trinajstić information content (AvgIpc) is 2.75. The molecule has 0 aliphatic heterocycles. The Labute approximate surface area is 123 Å². The van der Waals surface area contributed by atoms with Crippen molar-refractivity contribution in [1.29, 1.82) is 0 Å². The maximum atomic E-state index is 13.8. The monoisotopic (exact) mass is 312 g/mol. The summed E-state index contributed by atoms with van der Waals surface area (Å²) in [6.07, 6.45) is 1.69.